The second kappa shape index (κ2) is 8.84. The molecule has 2 heterocycles. The zero-order chi connectivity index (χ0) is 20.9. The van der Waals surface area contributed by atoms with Crippen LogP contribution in [-0.2, 0) is 4.74 Å². The van der Waals surface area contributed by atoms with E-state index >= 15 is 0 Å². The van der Waals surface area contributed by atoms with Gasteiger partial charge in [0.2, 0.25) is 0 Å². The van der Waals surface area contributed by atoms with Gasteiger partial charge < -0.3 is 9.47 Å². The molecule has 0 aliphatic carbocycles. The van der Waals surface area contributed by atoms with Crippen LogP contribution in [0.2, 0.25) is 0 Å². The summed E-state index contributed by atoms with van der Waals surface area (Å²) in [5, 5.41) is 0.577. The van der Waals surface area contributed by atoms with E-state index in [0.29, 0.717) is 27.2 Å². The fourth-order valence-electron chi connectivity index (χ4n) is 3.07. The Morgan fingerprint density at radius 3 is 2.40 bits per heavy atom. The highest BCUT2D eigenvalue weighted by Crippen LogP contribution is 2.35. The summed E-state index contributed by atoms with van der Waals surface area (Å²) < 4.78 is 11.5. The smallest absolute Gasteiger partial charge is 0.351 e. The average Bonchev–Trinajstić information content (AvgIpc) is 3.20. The first-order valence-corrected chi connectivity index (χ1v) is 10.1. The van der Waals surface area contributed by atoms with Crippen LogP contribution in [0.1, 0.15) is 32.6 Å². The lowest BCUT2D eigenvalue weighted by Crippen LogP contribution is -2.13. The number of methoxy groups -OCH3 is 1. The molecule has 30 heavy (non-hydrogen) atoms. The second-order valence-corrected chi connectivity index (χ2v) is 7.44. The van der Waals surface area contributed by atoms with Crippen molar-refractivity contribution >= 4 is 17.3 Å². The first-order valence-electron chi connectivity index (χ1n) is 9.31. The van der Waals surface area contributed by atoms with Crippen molar-refractivity contribution in [3.63, 3.8) is 0 Å². The van der Waals surface area contributed by atoms with Gasteiger partial charge in [0.15, 0.2) is 16.9 Å². The lowest BCUT2D eigenvalue weighted by atomic mass is 10.0. The normalized spacial score (nSPS) is 11.7. The number of esters is 1. The third-order valence-corrected chi connectivity index (χ3v) is 5.62. The van der Waals surface area contributed by atoms with Gasteiger partial charge in [0.1, 0.15) is 10.6 Å². The van der Waals surface area contributed by atoms with Crippen molar-refractivity contribution < 1.29 is 14.3 Å². The van der Waals surface area contributed by atoms with E-state index in [1.54, 1.807) is 32.5 Å². The van der Waals surface area contributed by atoms with E-state index < -0.39 is 12.1 Å². The van der Waals surface area contributed by atoms with Crippen molar-refractivity contribution in [3.05, 3.63) is 94.8 Å². The maximum absolute atomic E-state index is 13.1. The Bertz CT molecular complexity index is 1150. The molecule has 0 radical (unpaired) electrons. The molecule has 4 aromatic rings. The molecule has 0 fully saturated rings. The lowest BCUT2D eigenvalue weighted by molar-refractivity contribution is 0.0379. The first kappa shape index (κ1) is 19.7. The summed E-state index contributed by atoms with van der Waals surface area (Å²) in [4.78, 5) is 26.4. The number of thiazole rings is 1. The van der Waals surface area contributed by atoms with Gasteiger partial charge in [-0.05, 0) is 24.6 Å². The summed E-state index contributed by atoms with van der Waals surface area (Å²) in [6, 6.07) is 18.8. The van der Waals surface area contributed by atoms with E-state index in [1.807, 2.05) is 54.6 Å². The molecule has 1 unspecified atom stereocenters. The van der Waals surface area contributed by atoms with Crippen molar-refractivity contribution in [3.8, 4) is 16.6 Å². The van der Waals surface area contributed by atoms with Crippen LogP contribution in [0, 0.1) is 6.92 Å². The van der Waals surface area contributed by atoms with Crippen molar-refractivity contribution in [2.75, 3.05) is 7.11 Å². The number of aryl methyl sites for hydroxylation is 1. The van der Waals surface area contributed by atoms with Gasteiger partial charge in [0.25, 0.3) is 0 Å². The van der Waals surface area contributed by atoms with Crippen LogP contribution in [0.3, 0.4) is 0 Å². The summed E-state index contributed by atoms with van der Waals surface area (Å²) in [5.41, 5.74) is 2.21. The molecule has 4 rings (SSSR count). The first-order chi connectivity index (χ1) is 14.7. The highest BCUT2D eigenvalue weighted by atomic mass is 32.1. The number of hydrogen-bond donors (Lipinski definition) is 0. The lowest BCUT2D eigenvalue weighted by Gasteiger charge is -2.20. The molecule has 0 bridgehead atoms. The molecular formula is C23H19N3O3S. The fraction of sp³-hybridized carbons (Fsp3) is 0.130. The molecule has 6 nitrogen and oxygen atoms in total. The maximum Gasteiger partial charge on any atom is 0.351 e. The SMILES string of the molecule is COc1ccccc1C(OC(=O)c1sc(-c2ncccn2)nc1C)c1ccccc1. The molecule has 0 spiro atoms. The number of hydrogen-bond acceptors (Lipinski definition) is 7. The van der Waals surface area contributed by atoms with Gasteiger partial charge in [0.05, 0.1) is 12.8 Å². The number of carbonyl (C=O) groups excluding carboxylic acids is 1. The van der Waals surface area contributed by atoms with Crippen LogP contribution in [-0.4, -0.2) is 28.0 Å². The standard InChI is InChI=1S/C23H19N3O3S/c1-15-20(30-22(26-15)21-24-13-8-14-25-21)23(27)29-19(16-9-4-3-5-10-16)17-11-6-7-12-18(17)28-2/h3-14,19H,1-2H3. The minimum absolute atomic E-state index is 0.424. The predicted molar refractivity (Wildman–Crippen MR) is 115 cm³/mol. The Morgan fingerprint density at radius 2 is 1.67 bits per heavy atom. The molecule has 0 aliphatic heterocycles. The zero-order valence-corrected chi connectivity index (χ0v) is 17.3. The van der Waals surface area contributed by atoms with E-state index in [9.17, 15) is 4.79 Å². The number of ether oxygens (including phenoxy) is 2. The van der Waals surface area contributed by atoms with Gasteiger partial charge >= 0.3 is 5.97 Å². The number of nitrogens with zero attached hydrogens (tertiary/aromatic N) is 3. The highest BCUT2D eigenvalue weighted by molar-refractivity contribution is 7.16. The topological polar surface area (TPSA) is 74.2 Å². The molecule has 0 N–H and O–H groups in total. The minimum atomic E-state index is -0.618. The number of aromatic nitrogens is 3. The van der Waals surface area contributed by atoms with Gasteiger partial charge in [-0.1, -0.05) is 48.5 Å². The zero-order valence-electron chi connectivity index (χ0n) is 16.5. The fourth-order valence-corrected chi connectivity index (χ4v) is 3.97. The summed E-state index contributed by atoms with van der Waals surface area (Å²) in [6.07, 6.45) is 2.67. The molecule has 2 aromatic carbocycles. The van der Waals surface area contributed by atoms with Gasteiger partial charge in [-0.3, -0.25) is 0 Å². The van der Waals surface area contributed by atoms with E-state index in [-0.39, 0.29) is 0 Å². The number of carbonyl (C=O) groups is 1. The summed E-state index contributed by atoms with van der Waals surface area (Å²) in [7, 11) is 1.60. The quantitative estimate of drug-likeness (QED) is 0.417. The number of benzene rings is 2. The van der Waals surface area contributed by atoms with Crippen LogP contribution in [0.25, 0.3) is 10.8 Å². The second-order valence-electron chi connectivity index (χ2n) is 6.44. The van der Waals surface area contributed by atoms with Crippen LogP contribution < -0.4 is 4.74 Å². The molecule has 7 heteroatoms. The molecule has 150 valence electrons. The van der Waals surface area contributed by atoms with E-state index in [0.717, 1.165) is 11.1 Å². The number of para-hydroxylation sites is 1. The van der Waals surface area contributed by atoms with E-state index in [2.05, 4.69) is 15.0 Å². The van der Waals surface area contributed by atoms with Gasteiger partial charge in [-0.25, -0.2) is 19.7 Å². The van der Waals surface area contributed by atoms with Crippen molar-refractivity contribution in [1.82, 2.24) is 15.0 Å². The van der Waals surface area contributed by atoms with Crippen LogP contribution in [0.4, 0.5) is 0 Å². The Hall–Kier alpha value is -3.58. The molecule has 1 atom stereocenters. The molecule has 0 amide bonds. The van der Waals surface area contributed by atoms with Crippen molar-refractivity contribution in [2.24, 2.45) is 0 Å². The number of rotatable bonds is 6. The maximum atomic E-state index is 13.1. The summed E-state index contributed by atoms with van der Waals surface area (Å²) in [6.45, 7) is 1.78. The largest absolute Gasteiger partial charge is 0.496 e. The van der Waals surface area contributed by atoms with Crippen molar-refractivity contribution in [2.45, 2.75) is 13.0 Å². The molecule has 0 saturated carbocycles. The summed E-state index contributed by atoms with van der Waals surface area (Å²) in [5.74, 6) is 0.680. The third-order valence-electron chi connectivity index (χ3n) is 4.49. The molecule has 0 aliphatic rings. The predicted octanol–water partition coefficient (Wildman–Crippen LogP) is 4.86. The van der Waals surface area contributed by atoms with Gasteiger partial charge in [-0.15, -0.1) is 11.3 Å². The van der Waals surface area contributed by atoms with Crippen LogP contribution in [0.15, 0.2) is 73.1 Å². The Labute approximate surface area is 178 Å². The molecule has 0 saturated heterocycles. The third kappa shape index (κ3) is 4.06. The summed E-state index contributed by atoms with van der Waals surface area (Å²) >= 11 is 1.22. The van der Waals surface area contributed by atoms with Gasteiger partial charge in [0, 0.05) is 18.0 Å². The monoisotopic (exact) mass is 417 g/mol. The Morgan fingerprint density at radius 1 is 0.967 bits per heavy atom. The Balaban J connectivity index is 1.69. The van der Waals surface area contributed by atoms with E-state index in [1.165, 1.54) is 11.3 Å². The highest BCUT2D eigenvalue weighted by Gasteiger charge is 2.26. The average molecular weight is 417 g/mol. The van der Waals surface area contributed by atoms with Gasteiger partial charge in [-0.2, -0.15) is 0 Å². The van der Waals surface area contributed by atoms with Crippen LogP contribution >= 0.6 is 11.3 Å². The van der Waals surface area contributed by atoms with Crippen molar-refractivity contribution in [1.29, 1.82) is 0 Å². The van der Waals surface area contributed by atoms with E-state index in [4.69, 9.17) is 9.47 Å². The Kier molecular flexibility index (Phi) is 5.81. The van der Waals surface area contributed by atoms with Crippen LogP contribution in [0.5, 0.6) is 5.75 Å². The molecule has 2 aromatic heterocycles. The molecular weight excluding hydrogens is 398 g/mol. The minimum Gasteiger partial charge on any atom is -0.496 e.